The molecule has 2 heterocycles. The Hall–Kier alpha value is -1.56. The topological polar surface area (TPSA) is 56.7 Å². The number of guanidine groups is 1. The molecule has 1 aliphatic rings. The fourth-order valence-corrected chi connectivity index (χ4v) is 3.51. The first-order valence-corrected chi connectivity index (χ1v) is 8.79. The van der Waals surface area contributed by atoms with Gasteiger partial charge in [-0.15, -0.1) is 11.3 Å². The number of amides is 1. The van der Waals surface area contributed by atoms with Crippen LogP contribution in [0, 0.1) is 5.92 Å². The average Bonchev–Trinajstić information content (AvgIpc) is 3.06. The molecule has 2 rings (SSSR count). The number of hydrogen-bond donors (Lipinski definition) is 2. The number of carbonyl (C=O) groups excluding carboxylic acids is 1. The molecule has 2 N–H and O–H groups in total. The molecule has 0 unspecified atom stereocenters. The molecule has 1 fully saturated rings. The van der Waals surface area contributed by atoms with Crippen LogP contribution in [-0.4, -0.2) is 50.5 Å². The second-order valence-corrected chi connectivity index (χ2v) is 6.64. The van der Waals surface area contributed by atoms with Crippen molar-refractivity contribution in [1.82, 2.24) is 15.5 Å². The summed E-state index contributed by atoms with van der Waals surface area (Å²) >= 11 is 1.79. The first kappa shape index (κ1) is 16.8. The molecule has 1 aromatic rings. The van der Waals surface area contributed by atoms with Crippen LogP contribution in [0.5, 0.6) is 0 Å². The zero-order chi connectivity index (χ0) is 15.8. The molecule has 0 saturated carbocycles. The number of rotatable bonds is 5. The van der Waals surface area contributed by atoms with E-state index in [9.17, 15) is 4.79 Å². The van der Waals surface area contributed by atoms with E-state index < -0.39 is 0 Å². The summed E-state index contributed by atoms with van der Waals surface area (Å²) in [5.41, 5.74) is 0. The minimum atomic E-state index is 0.150. The molecule has 0 bridgehead atoms. The molecule has 0 atom stereocenters. The maximum Gasteiger partial charge on any atom is 0.220 e. The van der Waals surface area contributed by atoms with Gasteiger partial charge in [0, 0.05) is 45.0 Å². The van der Waals surface area contributed by atoms with Crippen molar-refractivity contribution in [3.63, 3.8) is 0 Å². The minimum Gasteiger partial charge on any atom is -0.359 e. The molecule has 22 heavy (non-hydrogen) atoms. The fraction of sp³-hybridized carbons (Fsp3) is 0.625. The van der Waals surface area contributed by atoms with Crippen LogP contribution in [0.1, 0.15) is 24.1 Å². The van der Waals surface area contributed by atoms with Crippen molar-refractivity contribution in [2.75, 3.05) is 33.7 Å². The van der Waals surface area contributed by atoms with Gasteiger partial charge >= 0.3 is 0 Å². The molecule has 1 saturated heterocycles. The Kier molecular flexibility index (Phi) is 6.71. The lowest BCUT2D eigenvalue weighted by Crippen LogP contribution is -2.46. The van der Waals surface area contributed by atoms with E-state index >= 15 is 0 Å². The Morgan fingerprint density at radius 3 is 2.82 bits per heavy atom. The second kappa shape index (κ2) is 8.78. The molecule has 0 spiro atoms. The van der Waals surface area contributed by atoms with E-state index in [0.29, 0.717) is 12.3 Å². The van der Waals surface area contributed by atoms with Crippen LogP contribution < -0.4 is 10.6 Å². The summed E-state index contributed by atoms with van der Waals surface area (Å²) in [6.45, 7) is 2.85. The quantitative estimate of drug-likeness (QED) is 0.641. The third-order valence-corrected chi connectivity index (χ3v) is 5.05. The monoisotopic (exact) mass is 322 g/mol. The lowest BCUT2D eigenvalue weighted by molar-refractivity contribution is -0.121. The van der Waals surface area contributed by atoms with E-state index in [2.05, 4.69) is 38.0 Å². The third-order valence-electron chi connectivity index (χ3n) is 4.11. The van der Waals surface area contributed by atoms with Gasteiger partial charge in [-0.05, 0) is 36.6 Å². The van der Waals surface area contributed by atoms with Crippen LogP contribution >= 0.6 is 11.3 Å². The second-order valence-electron chi connectivity index (χ2n) is 5.61. The van der Waals surface area contributed by atoms with Gasteiger partial charge in [0.25, 0.3) is 0 Å². The van der Waals surface area contributed by atoms with Crippen molar-refractivity contribution in [2.45, 2.75) is 25.7 Å². The van der Waals surface area contributed by atoms with Gasteiger partial charge in [-0.3, -0.25) is 9.79 Å². The smallest absolute Gasteiger partial charge is 0.220 e. The lowest BCUT2D eigenvalue weighted by Gasteiger charge is -2.34. The maximum absolute atomic E-state index is 11.4. The number of nitrogens with one attached hydrogen (secondary N) is 2. The van der Waals surface area contributed by atoms with Gasteiger partial charge in [0.05, 0.1) is 0 Å². The SMILES string of the molecule is CN=C(NCCc1cccs1)N1CCC(CC(=O)NC)CC1. The summed E-state index contributed by atoms with van der Waals surface area (Å²) in [5, 5.41) is 8.27. The van der Waals surface area contributed by atoms with Crippen molar-refractivity contribution in [1.29, 1.82) is 0 Å². The van der Waals surface area contributed by atoms with Crippen molar-refractivity contribution < 1.29 is 4.79 Å². The molecular weight excluding hydrogens is 296 g/mol. The predicted octanol–water partition coefficient (Wildman–Crippen LogP) is 1.71. The van der Waals surface area contributed by atoms with E-state index in [1.807, 2.05) is 7.05 Å². The van der Waals surface area contributed by atoms with Gasteiger partial charge in [-0.25, -0.2) is 0 Å². The van der Waals surface area contributed by atoms with E-state index in [1.54, 1.807) is 18.4 Å². The molecule has 1 amide bonds. The number of carbonyl (C=O) groups is 1. The molecule has 1 aliphatic heterocycles. The third kappa shape index (κ3) is 5.02. The molecule has 0 aliphatic carbocycles. The normalized spacial score (nSPS) is 16.6. The Morgan fingerprint density at radius 1 is 1.45 bits per heavy atom. The van der Waals surface area contributed by atoms with Gasteiger partial charge in [0.15, 0.2) is 5.96 Å². The van der Waals surface area contributed by atoms with Crippen molar-refractivity contribution in [3.05, 3.63) is 22.4 Å². The number of nitrogens with zero attached hydrogens (tertiary/aromatic N) is 2. The highest BCUT2D eigenvalue weighted by Crippen LogP contribution is 2.20. The number of thiophene rings is 1. The standard InChI is InChI=1S/C16H26N4OS/c1-17-15(21)12-13-6-9-20(10-7-13)16(18-2)19-8-5-14-4-3-11-22-14/h3-4,11,13H,5-10,12H2,1-2H3,(H,17,21)(H,18,19). The van der Waals surface area contributed by atoms with Gasteiger partial charge in [0.1, 0.15) is 0 Å². The summed E-state index contributed by atoms with van der Waals surface area (Å²) < 4.78 is 0. The molecule has 6 heteroatoms. The lowest BCUT2D eigenvalue weighted by atomic mass is 9.93. The van der Waals surface area contributed by atoms with Crippen LogP contribution in [0.25, 0.3) is 0 Å². The van der Waals surface area contributed by atoms with Crippen LogP contribution in [0.4, 0.5) is 0 Å². The van der Waals surface area contributed by atoms with Crippen molar-refractivity contribution in [3.8, 4) is 0 Å². The van der Waals surface area contributed by atoms with Crippen LogP contribution in [0.15, 0.2) is 22.5 Å². The van der Waals surface area contributed by atoms with E-state index in [-0.39, 0.29) is 5.91 Å². The maximum atomic E-state index is 11.4. The van der Waals surface area contributed by atoms with Crippen LogP contribution in [0.2, 0.25) is 0 Å². The first-order valence-electron chi connectivity index (χ1n) is 7.91. The summed E-state index contributed by atoms with van der Waals surface area (Å²) in [6.07, 6.45) is 3.79. The summed E-state index contributed by atoms with van der Waals surface area (Å²) in [6, 6.07) is 4.26. The number of aliphatic imine (C=N–C) groups is 1. The highest BCUT2D eigenvalue weighted by molar-refractivity contribution is 7.09. The van der Waals surface area contributed by atoms with Crippen LogP contribution in [0.3, 0.4) is 0 Å². The van der Waals surface area contributed by atoms with E-state index in [1.165, 1.54) is 4.88 Å². The summed E-state index contributed by atoms with van der Waals surface area (Å²) in [5.74, 6) is 1.63. The zero-order valence-corrected chi connectivity index (χ0v) is 14.3. The molecule has 0 aromatic carbocycles. The average molecular weight is 322 g/mol. The van der Waals surface area contributed by atoms with Gasteiger partial charge < -0.3 is 15.5 Å². The summed E-state index contributed by atoms with van der Waals surface area (Å²) in [4.78, 5) is 19.5. The van der Waals surface area contributed by atoms with E-state index in [4.69, 9.17) is 0 Å². The highest BCUT2D eigenvalue weighted by atomic mass is 32.1. The predicted molar refractivity (Wildman–Crippen MR) is 92.4 cm³/mol. The molecule has 0 radical (unpaired) electrons. The molecule has 122 valence electrons. The van der Waals surface area contributed by atoms with E-state index in [0.717, 1.165) is 44.9 Å². The molecule has 1 aromatic heterocycles. The molecule has 5 nitrogen and oxygen atoms in total. The fourth-order valence-electron chi connectivity index (χ4n) is 2.80. The van der Waals surface area contributed by atoms with Gasteiger partial charge in [0.2, 0.25) is 5.91 Å². The number of likely N-dealkylation sites (tertiary alicyclic amines) is 1. The van der Waals surface area contributed by atoms with Gasteiger partial charge in [-0.1, -0.05) is 6.07 Å². The largest absolute Gasteiger partial charge is 0.359 e. The van der Waals surface area contributed by atoms with Crippen molar-refractivity contribution in [2.24, 2.45) is 10.9 Å². The van der Waals surface area contributed by atoms with Crippen molar-refractivity contribution >= 4 is 23.2 Å². The van der Waals surface area contributed by atoms with Gasteiger partial charge in [-0.2, -0.15) is 0 Å². The van der Waals surface area contributed by atoms with Crippen LogP contribution in [-0.2, 0) is 11.2 Å². The Bertz CT molecular complexity index is 478. The zero-order valence-electron chi connectivity index (χ0n) is 13.5. The Labute approximate surface area is 136 Å². The Balaban J connectivity index is 1.72. The number of piperidine rings is 1. The summed E-state index contributed by atoms with van der Waals surface area (Å²) in [7, 11) is 3.54. The highest BCUT2D eigenvalue weighted by Gasteiger charge is 2.22. The first-order chi connectivity index (χ1) is 10.7. The Morgan fingerprint density at radius 2 is 2.23 bits per heavy atom. The molecular formula is C16H26N4OS. The number of hydrogen-bond acceptors (Lipinski definition) is 3. The minimum absolute atomic E-state index is 0.150.